The fourth-order valence-electron chi connectivity index (χ4n) is 2.64. The molecule has 2 aromatic carbocycles. The zero-order valence-electron chi connectivity index (χ0n) is 16.4. The van der Waals surface area contributed by atoms with Crippen LogP contribution in [0.1, 0.15) is 22.8 Å². The van der Waals surface area contributed by atoms with E-state index in [1.54, 1.807) is 24.3 Å². The summed E-state index contributed by atoms with van der Waals surface area (Å²) in [5.74, 6) is -0.807. The van der Waals surface area contributed by atoms with Gasteiger partial charge in [-0.3, -0.25) is 30.1 Å². The van der Waals surface area contributed by atoms with Crippen LogP contribution >= 0.6 is 35.6 Å². The highest BCUT2D eigenvalue weighted by molar-refractivity contribution is 8.26. The Kier molecular flexibility index (Phi) is 7.67. The average Bonchev–Trinajstić information content (AvgIpc) is 3.01. The highest BCUT2D eigenvalue weighted by atomic mass is 35.5. The van der Waals surface area contributed by atoms with Crippen molar-refractivity contribution in [3.05, 3.63) is 69.6 Å². The number of ether oxygens (including phenoxy) is 1. The second-order valence-corrected chi connectivity index (χ2v) is 8.34. The van der Waals surface area contributed by atoms with E-state index in [1.165, 1.54) is 11.0 Å². The Labute approximate surface area is 193 Å². The number of nitrogens with one attached hydrogen (secondary N) is 2. The van der Waals surface area contributed by atoms with Gasteiger partial charge in [0.15, 0.2) is 0 Å². The first kappa shape index (κ1) is 22.8. The zero-order chi connectivity index (χ0) is 22.4. The molecule has 3 rings (SSSR count). The minimum Gasteiger partial charge on any atom is -0.494 e. The molecule has 0 unspecified atom stereocenters. The van der Waals surface area contributed by atoms with Crippen molar-refractivity contribution < 1.29 is 19.1 Å². The predicted molar refractivity (Wildman–Crippen MR) is 125 cm³/mol. The molecule has 0 saturated carbocycles. The molecule has 1 fully saturated rings. The lowest BCUT2D eigenvalue weighted by Crippen LogP contribution is -2.47. The molecule has 1 aliphatic heterocycles. The van der Waals surface area contributed by atoms with E-state index in [9.17, 15) is 14.4 Å². The number of carbonyl (C=O) groups is 3. The third-order valence-electron chi connectivity index (χ3n) is 4.10. The number of rotatable bonds is 6. The first-order valence-electron chi connectivity index (χ1n) is 9.21. The van der Waals surface area contributed by atoms with Gasteiger partial charge in [0, 0.05) is 0 Å². The van der Waals surface area contributed by atoms with Gasteiger partial charge in [-0.1, -0.05) is 59.8 Å². The number of thioether (sulfide) groups is 1. The molecule has 10 heteroatoms. The van der Waals surface area contributed by atoms with Gasteiger partial charge in [-0.2, -0.15) is 0 Å². The molecule has 31 heavy (non-hydrogen) atoms. The van der Waals surface area contributed by atoms with Crippen molar-refractivity contribution in [3.63, 3.8) is 0 Å². The van der Waals surface area contributed by atoms with Crippen LogP contribution < -0.4 is 15.6 Å². The number of thiocarbonyl (C=S) groups is 1. The number of nitrogens with zero attached hydrogens (tertiary/aromatic N) is 1. The van der Waals surface area contributed by atoms with Crippen molar-refractivity contribution >= 4 is 63.7 Å². The number of carbonyl (C=O) groups excluding carboxylic acids is 3. The van der Waals surface area contributed by atoms with E-state index in [-0.39, 0.29) is 27.4 Å². The van der Waals surface area contributed by atoms with Crippen LogP contribution in [-0.2, 0) is 9.59 Å². The van der Waals surface area contributed by atoms with Crippen molar-refractivity contribution in [2.24, 2.45) is 0 Å². The number of halogens is 1. The Morgan fingerprint density at radius 1 is 1.16 bits per heavy atom. The molecule has 1 heterocycles. The van der Waals surface area contributed by atoms with E-state index in [4.69, 9.17) is 28.6 Å². The van der Waals surface area contributed by atoms with Crippen molar-refractivity contribution in [2.75, 3.05) is 13.2 Å². The molecule has 0 aromatic heterocycles. The molecular formula is C21H18ClN3O4S2. The number of hydrazine groups is 1. The predicted octanol–water partition coefficient (Wildman–Crippen LogP) is 3.40. The molecule has 0 atom stereocenters. The van der Waals surface area contributed by atoms with Gasteiger partial charge in [-0.15, -0.1) is 0 Å². The average molecular weight is 476 g/mol. The molecule has 3 amide bonds. The summed E-state index contributed by atoms with van der Waals surface area (Å²) in [6.07, 6.45) is 1.70. The first-order chi connectivity index (χ1) is 14.9. The summed E-state index contributed by atoms with van der Waals surface area (Å²) in [6, 6.07) is 13.7. The number of hydrogen-bond acceptors (Lipinski definition) is 6. The lowest BCUT2D eigenvalue weighted by molar-refractivity contribution is -0.129. The minimum absolute atomic E-state index is 0.216. The molecular weight excluding hydrogens is 458 g/mol. The number of hydrogen-bond donors (Lipinski definition) is 2. The second kappa shape index (κ2) is 10.4. The van der Waals surface area contributed by atoms with Crippen LogP contribution in [0.2, 0.25) is 5.02 Å². The van der Waals surface area contributed by atoms with Crippen LogP contribution in [-0.4, -0.2) is 40.1 Å². The fraction of sp³-hybridized carbons (Fsp3) is 0.143. The summed E-state index contributed by atoms with van der Waals surface area (Å²) in [7, 11) is 0. The van der Waals surface area contributed by atoms with Crippen LogP contribution in [0.5, 0.6) is 5.75 Å². The Bertz CT molecular complexity index is 1060. The van der Waals surface area contributed by atoms with Gasteiger partial charge in [0.05, 0.1) is 22.1 Å². The minimum atomic E-state index is -0.598. The van der Waals surface area contributed by atoms with E-state index in [1.807, 2.05) is 31.2 Å². The third kappa shape index (κ3) is 5.84. The van der Waals surface area contributed by atoms with Crippen molar-refractivity contribution in [2.45, 2.75) is 6.92 Å². The number of benzene rings is 2. The lowest BCUT2D eigenvalue weighted by atomic mass is 10.2. The topological polar surface area (TPSA) is 87.7 Å². The van der Waals surface area contributed by atoms with Crippen LogP contribution in [0.4, 0.5) is 0 Å². The molecule has 2 N–H and O–H groups in total. The first-order valence-corrected chi connectivity index (χ1v) is 10.8. The molecule has 0 aliphatic carbocycles. The molecule has 1 aliphatic rings. The van der Waals surface area contributed by atoms with Gasteiger partial charge in [0.2, 0.25) is 0 Å². The second-order valence-electron chi connectivity index (χ2n) is 6.25. The maximum atomic E-state index is 12.7. The maximum Gasteiger partial charge on any atom is 0.271 e. The van der Waals surface area contributed by atoms with Crippen LogP contribution in [0.15, 0.2) is 53.4 Å². The van der Waals surface area contributed by atoms with E-state index in [0.29, 0.717) is 11.5 Å². The monoisotopic (exact) mass is 475 g/mol. The van der Waals surface area contributed by atoms with E-state index >= 15 is 0 Å². The van der Waals surface area contributed by atoms with Gasteiger partial charge in [0.25, 0.3) is 17.7 Å². The van der Waals surface area contributed by atoms with Gasteiger partial charge >= 0.3 is 0 Å². The smallest absolute Gasteiger partial charge is 0.271 e. The van der Waals surface area contributed by atoms with Gasteiger partial charge in [-0.25, -0.2) is 0 Å². The highest BCUT2D eigenvalue weighted by Gasteiger charge is 2.33. The summed E-state index contributed by atoms with van der Waals surface area (Å²) in [4.78, 5) is 38.6. The SMILES string of the molecule is CCOc1ccc(/C=C2/SC(=S)N(CC(=O)NNC(=O)c3ccccc3Cl)C2=O)cc1. The van der Waals surface area contributed by atoms with Crippen molar-refractivity contribution in [1.82, 2.24) is 15.8 Å². The van der Waals surface area contributed by atoms with Crippen LogP contribution in [0.3, 0.4) is 0 Å². The van der Waals surface area contributed by atoms with Crippen molar-refractivity contribution in [1.29, 1.82) is 0 Å². The summed E-state index contributed by atoms with van der Waals surface area (Å²) >= 11 is 12.3. The molecule has 7 nitrogen and oxygen atoms in total. The molecule has 160 valence electrons. The normalized spacial score (nSPS) is 14.6. The standard InChI is InChI=1S/C21H18ClN3O4S2/c1-2-29-14-9-7-13(8-10-14)11-17-20(28)25(21(30)31-17)12-18(26)23-24-19(27)15-5-3-4-6-16(15)22/h3-11H,2,12H2,1H3,(H,23,26)(H,24,27)/b17-11+. The Balaban J connectivity index is 1.58. The Morgan fingerprint density at radius 2 is 1.87 bits per heavy atom. The largest absolute Gasteiger partial charge is 0.494 e. The third-order valence-corrected chi connectivity index (χ3v) is 5.81. The summed E-state index contributed by atoms with van der Waals surface area (Å²) in [5.41, 5.74) is 5.56. The van der Waals surface area contributed by atoms with Gasteiger partial charge in [-0.05, 0) is 42.8 Å². The van der Waals surface area contributed by atoms with Crippen LogP contribution in [0, 0.1) is 0 Å². The van der Waals surface area contributed by atoms with E-state index < -0.39 is 11.8 Å². The molecule has 2 aromatic rings. The van der Waals surface area contributed by atoms with E-state index in [0.717, 1.165) is 23.1 Å². The fourth-order valence-corrected chi connectivity index (χ4v) is 4.11. The van der Waals surface area contributed by atoms with E-state index in [2.05, 4.69) is 10.9 Å². The molecule has 1 saturated heterocycles. The van der Waals surface area contributed by atoms with Gasteiger partial charge in [0.1, 0.15) is 16.6 Å². The Hall–Kier alpha value is -2.88. The lowest BCUT2D eigenvalue weighted by Gasteiger charge is -2.14. The Morgan fingerprint density at radius 3 is 2.55 bits per heavy atom. The quantitative estimate of drug-likeness (QED) is 0.378. The molecule has 0 radical (unpaired) electrons. The molecule has 0 spiro atoms. The highest BCUT2D eigenvalue weighted by Crippen LogP contribution is 2.32. The summed E-state index contributed by atoms with van der Waals surface area (Å²) < 4.78 is 5.66. The zero-order valence-corrected chi connectivity index (χ0v) is 18.8. The van der Waals surface area contributed by atoms with Gasteiger partial charge < -0.3 is 4.74 Å². The number of amides is 3. The van der Waals surface area contributed by atoms with Crippen molar-refractivity contribution in [3.8, 4) is 5.75 Å². The summed E-state index contributed by atoms with van der Waals surface area (Å²) in [6.45, 7) is 2.14. The van der Waals surface area contributed by atoms with Crippen LogP contribution in [0.25, 0.3) is 6.08 Å². The molecule has 0 bridgehead atoms. The summed E-state index contributed by atoms with van der Waals surface area (Å²) in [5, 5.41) is 0.255. The maximum absolute atomic E-state index is 12.7.